The van der Waals surface area contributed by atoms with Crippen LogP contribution in [0.2, 0.25) is 0 Å². The van der Waals surface area contributed by atoms with Gasteiger partial charge in [0.1, 0.15) is 0 Å². The summed E-state index contributed by atoms with van der Waals surface area (Å²) < 4.78 is 27.5. The van der Waals surface area contributed by atoms with Gasteiger partial charge in [-0.2, -0.15) is 4.31 Å². The zero-order chi connectivity index (χ0) is 16.9. The van der Waals surface area contributed by atoms with Gasteiger partial charge < -0.3 is 4.90 Å². The third kappa shape index (κ3) is 2.47. The van der Waals surface area contributed by atoms with E-state index in [2.05, 4.69) is 0 Å². The first kappa shape index (κ1) is 15.8. The lowest BCUT2D eigenvalue weighted by atomic mass is 10.1. The van der Waals surface area contributed by atoms with Crippen LogP contribution >= 0.6 is 11.3 Å². The highest BCUT2D eigenvalue weighted by Gasteiger charge is 2.31. The molecule has 0 unspecified atom stereocenters. The molecular weight excluding hydrogens is 344 g/mol. The minimum atomic E-state index is -3.51. The average molecular weight is 362 g/mol. The van der Waals surface area contributed by atoms with Gasteiger partial charge in [0.25, 0.3) is 0 Å². The predicted octanol–water partition coefficient (Wildman–Crippen LogP) is 2.40. The summed E-state index contributed by atoms with van der Waals surface area (Å²) in [6, 6.07) is 7.13. The summed E-state index contributed by atoms with van der Waals surface area (Å²) in [7, 11) is -3.51. The third-order valence-corrected chi connectivity index (χ3v) is 7.60. The van der Waals surface area contributed by atoms with Gasteiger partial charge in [-0.15, -0.1) is 11.3 Å². The monoisotopic (exact) mass is 362 g/mol. The van der Waals surface area contributed by atoms with Crippen molar-refractivity contribution in [2.24, 2.45) is 0 Å². The second-order valence-corrected chi connectivity index (χ2v) is 9.11. The van der Waals surface area contributed by atoms with Crippen molar-refractivity contribution in [1.82, 2.24) is 4.31 Å². The van der Waals surface area contributed by atoms with E-state index in [1.807, 2.05) is 11.4 Å². The normalized spacial score (nSPS) is 17.6. The summed E-state index contributed by atoms with van der Waals surface area (Å²) in [4.78, 5) is 14.9. The van der Waals surface area contributed by atoms with E-state index in [9.17, 15) is 13.2 Å². The number of sulfonamides is 1. The van der Waals surface area contributed by atoms with E-state index in [0.717, 1.165) is 23.2 Å². The van der Waals surface area contributed by atoms with Gasteiger partial charge in [-0.25, -0.2) is 8.42 Å². The van der Waals surface area contributed by atoms with Crippen LogP contribution in [-0.2, 0) is 34.2 Å². The van der Waals surface area contributed by atoms with Crippen LogP contribution in [0.5, 0.6) is 0 Å². The van der Waals surface area contributed by atoms with Gasteiger partial charge in [0.05, 0.1) is 4.90 Å². The molecular formula is C17H18N2O3S2. The summed E-state index contributed by atoms with van der Waals surface area (Å²) in [5.74, 6) is -0.00891. The minimum absolute atomic E-state index is 0.00891. The second-order valence-electron chi connectivity index (χ2n) is 6.17. The number of anilines is 1. The quantitative estimate of drug-likeness (QED) is 0.824. The lowest BCUT2D eigenvalue weighted by molar-refractivity contribution is -0.116. The van der Waals surface area contributed by atoms with E-state index >= 15 is 0 Å². The highest BCUT2D eigenvalue weighted by atomic mass is 32.2. The van der Waals surface area contributed by atoms with E-state index in [0.29, 0.717) is 31.0 Å². The Morgan fingerprint density at radius 2 is 1.96 bits per heavy atom. The van der Waals surface area contributed by atoms with Crippen LogP contribution in [0.25, 0.3) is 0 Å². The van der Waals surface area contributed by atoms with Crippen LogP contribution in [0.4, 0.5) is 5.69 Å². The van der Waals surface area contributed by atoms with E-state index < -0.39 is 10.0 Å². The number of carbonyl (C=O) groups is 1. The maximum absolute atomic E-state index is 13.0. The van der Waals surface area contributed by atoms with Crippen molar-refractivity contribution in [3.63, 3.8) is 0 Å². The van der Waals surface area contributed by atoms with E-state index in [-0.39, 0.29) is 5.91 Å². The Labute approximate surface area is 145 Å². The van der Waals surface area contributed by atoms with Crippen LogP contribution in [0.1, 0.15) is 22.9 Å². The van der Waals surface area contributed by atoms with Gasteiger partial charge in [-0.1, -0.05) is 0 Å². The number of nitrogens with zero attached hydrogens (tertiary/aromatic N) is 2. The molecule has 2 aliphatic rings. The molecule has 0 N–H and O–H groups in total. The van der Waals surface area contributed by atoms with E-state index in [1.54, 1.807) is 38.7 Å². The maximum Gasteiger partial charge on any atom is 0.243 e. The SMILES string of the molecule is CC(=O)N1CCc2cc(S(=O)(=O)N3CCc4sccc4C3)ccc21. The molecule has 0 spiro atoms. The Bertz CT molecular complexity index is 918. The summed E-state index contributed by atoms with van der Waals surface area (Å²) in [5.41, 5.74) is 2.87. The largest absolute Gasteiger partial charge is 0.312 e. The van der Waals surface area contributed by atoms with E-state index in [4.69, 9.17) is 0 Å². The molecule has 0 saturated carbocycles. The van der Waals surface area contributed by atoms with Gasteiger partial charge in [0, 0.05) is 37.1 Å². The fraction of sp³-hybridized carbons (Fsp3) is 0.353. The second kappa shape index (κ2) is 5.68. The molecule has 1 aromatic carbocycles. The fourth-order valence-corrected chi connectivity index (χ4v) is 5.80. The summed E-state index contributed by atoms with van der Waals surface area (Å²) in [6.07, 6.45) is 1.47. The van der Waals surface area contributed by atoms with Crippen LogP contribution in [0.3, 0.4) is 0 Å². The lowest BCUT2D eigenvalue weighted by Gasteiger charge is -2.26. The molecule has 0 fully saturated rings. The Morgan fingerprint density at radius 1 is 1.12 bits per heavy atom. The molecule has 2 aromatic rings. The molecule has 1 aromatic heterocycles. The molecule has 0 aliphatic carbocycles. The van der Waals surface area contributed by atoms with Gasteiger partial charge in [-0.05, 0) is 53.6 Å². The molecule has 0 bridgehead atoms. The molecule has 0 saturated heterocycles. The molecule has 7 heteroatoms. The topological polar surface area (TPSA) is 57.7 Å². The Hall–Kier alpha value is -1.70. The van der Waals surface area contributed by atoms with Crippen molar-refractivity contribution in [2.45, 2.75) is 31.2 Å². The summed E-state index contributed by atoms with van der Waals surface area (Å²) in [6.45, 7) is 3.12. The van der Waals surface area contributed by atoms with Crippen molar-refractivity contribution in [3.8, 4) is 0 Å². The van der Waals surface area contributed by atoms with Gasteiger partial charge in [0.2, 0.25) is 15.9 Å². The predicted molar refractivity (Wildman–Crippen MR) is 93.8 cm³/mol. The molecule has 4 rings (SSSR count). The Kier molecular flexibility index (Phi) is 3.74. The number of amides is 1. The first-order chi connectivity index (χ1) is 11.5. The van der Waals surface area contributed by atoms with Crippen molar-refractivity contribution >= 4 is 33.0 Å². The smallest absolute Gasteiger partial charge is 0.243 e. The zero-order valence-electron chi connectivity index (χ0n) is 13.4. The molecule has 126 valence electrons. The van der Waals surface area contributed by atoms with Gasteiger partial charge in [-0.3, -0.25) is 4.79 Å². The number of thiophene rings is 1. The minimum Gasteiger partial charge on any atom is -0.312 e. The number of carbonyl (C=O) groups excluding carboxylic acids is 1. The number of rotatable bonds is 2. The van der Waals surface area contributed by atoms with Crippen molar-refractivity contribution < 1.29 is 13.2 Å². The van der Waals surface area contributed by atoms with Crippen LogP contribution in [0.15, 0.2) is 34.5 Å². The first-order valence-electron chi connectivity index (χ1n) is 7.93. The maximum atomic E-state index is 13.0. The molecule has 3 heterocycles. The van der Waals surface area contributed by atoms with E-state index in [1.165, 1.54) is 11.8 Å². The lowest BCUT2D eigenvalue weighted by Crippen LogP contribution is -2.35. The Balaban J connectivity index is 1.65. The van der Waals surface area contributed by atoms with Gasteiger partial charge in [0.15, 0.2) is 0 Å². The summed E-state index contributed by atoms with van der Waals surface area (Å²) in [5, 5.41) is 2.02. The molecule has 1 amide bonds. The number of fused-ring (bicyclic) bond motifs is 2. The fourth-order valence-electron chi connectivity index (χ4n) is 3.44. The Morgan fingerprint density at radius 3 is 2.75 bits per heavy atom. The van der Waals surface area contributed by atoms with Gasteiger partial charge >= 0.3 is 0 Å². The molecule has 2 aliphatic heterocycles. The van der Waals surface area contributed by atoms with Crippen LogP contribution < -0.4 is 4.90 Å². The zero-order valence-corrected chi connectivity index (χ0v) is 15.0. The van der Waals surface area contributed by atoms with Crippen molar-refractivity contribution in [1.29, 1.82) is 0 Å². The molecule has 5 nitrogen and oxygen atoms in total. The molecule has 0 radical (unpaired) electrons. The van der Waals surface area contributed by atoms with Crippen LogP contribution in [-0.4, -0.2) is 31.7 Å². The number of hydrogen-bond acceptors (Lipinski definition) is 4. The molecule has 0 atom stereocenters. The van der Waals surface area contributed by atoms with Crippen molar-refractivity contribution in [3.05, 3.63) is 45.6 Å². The average Bonchev–Trinajstić information content (AvgIpc) is 3.19. The standard InChI is InChI=1S/C17H18N2O3S2/c1-12(20)19-8-4-13-10-15(2-3-16(13)19)24(21,22)18-7-5-17-14(11-18)6-9-23-17/h2-3,6,9-10H,4-5,7-8,11H2,1H3. The third-order valence-electron chi connectivity index (χ3n) is 4.74. The summed E-state index contributed by atoms with van der Waals surface area (Å²) >= 11 is 1.69. The number of hydrogen-bond donors (Lipinski definition) is 0. The van der Waals surface area contributed by atoms with Crippen LogP contribution in [0, 0.1) is 0 Å². The number of benzene rings is 1. The highest BCUT2D eigenvalue weighted by molar-refractivity contribution is 7.89. The highest BCUT2D eigenvalue weighted by Crippen LogP contribution is 2.33. The first-order valence-corrected chi connectivity index (χ1v) is 10.3. The molecule has 24 heavy (non-hydrogen) atoms. The van der Waals surface area contributed by atoms with Crippen molar-refractivity contribution in [2.75, 3.05) is 18.0 Å².